The van der Waals surface area contributed by atoms with Gasteiger partial charge in [-0.05, 0) is 6.92 Å². The quantitative estimate of drug-likeness (QED) is 0.633. The van der Waals surface area contributed by atoms with E-state index in [0.29, 0.717) is 10.8 Å². The van der Waals surface area contributed by atoms with Gasteiger partial charge in [0.25, 0.3) is 0 Å². The average Bonchev–Trinajstić information content (AvgIpc) is 2.96. The molecule has 0 fully saturated rings. The molecule has 8 heteroatoms. The minimum Gasteiger partial charge on any atom is -0.267 e. The van der Waals surface area contributed by atoms with Crippen molar-refractivity contribution in [3.05, 3.63) is 36.0 Å². The molecule has 3 heterocycles. The number of halogens is 1. The van der Waals surface area contributed by atoms with Crippen molar-refractivity contribution in [3.63, 3.8) is 0 Å². The van der Waals surface area contributed by atoms with Gasteiger partial charge in [0.05, 0.1) is 0 Å². The first-order valence-corrected chi connectivity index (χ1v) is 5.34. The predicted molar refractivity (Wildman–Crippen MR) is 59.6 cm³/mol. The molecule has 0 spiro atoms. The zero-order chi connectivity index (χ0) is 11.8. The van der Waals surface area contributed by atoms with Gasteiger partial charge in [-0.15, -0.1) is 10.2 Å². The maximum Gasteiger partial charge on any atom is 0.165 e. The molecule has 0 saturated carbocycles. The molecule has 0 radical (unpaired) electrons. The van der Waals surface area contributed by atoms with Crippen molar-refractivity contribution in [3.8, 4) is 0 Å². The molecule has 0 aromatic carbocycles. The van der Waals surface area contributed by atoms with Crippen molar-refractivity contribution < 1.29 is 0 Å². The molecular weight excluding hydrogens is 242 g/mol. The molecule has 17 heavy (non-hydrogen) atoms. The molecule has 1 unspecified atom stereocenters. The monoisotopic (exact) mass is 249 g/mol. The molecule has 3 rings (SSSR count). The van der Waals surface area contributed by atoms with E-state index in [1.165, 1.54) is 6.33 Å². The number of hydrogen-bond donors (Lipinski definition) is 0. The van der Waals surface area contributed by atoms with Gasteiger partial charge < -0.3 is 0 Å². The minimum absolute atomic E-state index is 0.0736. The van der Waals surface area contributed by atoms with Gasteiger partial charge in [0.15, 0.2) is 11.5 Å². The molecule has 0 N–H and O–H groups in total. The van der Waals surface area contributed by atoms with Gasteiger partial charge >= 0.3 is 0 Å². The highest BCUT2D eigenvalue weighted by Crippen LogP contribution is 2.16. The molecular formula is C9H8ClN7. The van der Waals surface area contributed by atoms with Crippen LogP contribution in [0.4, 0.5) is 0 Å². The number of aromatic nitrogens is 7. The molecule has 1 atom stereocenters. The summed E-state index contributed by atoms with van der Waals surface area (Å²) in [4.78, 5) is 7.91. The van der Waals surface area contributed by atoms with Gasteiger partial charge in [-0.25, -0.2) is 14.6 Å². The summed E-state index contributed by atoms with van der Waals surface area (Å²) in [6.45, 7) is 1.96. The summed E-state index contributed by atoms with van der Waals surface area (Å²) in [7, 11) is 0. The van der Waals surface area contributed by atoms with Crippen LogP contribution in [0.1, 0.15) is 18.8 Å². The molecule has 86 valence electrons. The van der Waals surface area contributed by atoms with E-state index in [1.807, 2.05) is 6.92 Å². The van der Waals surface area contributed by atoms with Gasteiger partial charge in [0.1, 0.15) is 30.2 Å². The Morgan fingerprint density at radius 2 is 2.18 bits per heavy atom. The first-order valence-electron chi connectivity index (χ1n) is 4.96. The largest absolute Gasteiger partial charge is 0.267 e. The SMILES string of the molecule is CC(c1nnc2cc(Cl)ncn12)n1cncn1. The first kappa shape index (κ1) is 10.2. The molecule has 3 aromatic heterocycles. The lowest BCUT2D eigenvalue weighted by molar-refractivity contribution is 0.529. The standard InChI is InChI=1S/C9H8ClN7/c1-6(17-4-11-3-13-17)9-15-14-8-2-7(10)12-5-16(8)9/h2-6H,1H3. The van der Waals surface area contributed by atoms with Gasteiger partial charge in [-0.2, -0.15) is 5.10 Å². The van der Waals surface area contributed by atoms with Crippen molar-refractivity contribution in [2.75, 3.05) is 0 Å². The lowest BCUT2D eigenvalue weighted by atomic mass is 10.3. The van der Waals surface area contributed by atoms with Crippen LogP contribution >= 0.6 is 11.6 Å². The molecule has 0 bridgehead atoms. The van der Waals surface area contributed by atoms with E-state index in [4.69, 9.17) is 11.6 Å². The molecule has 0 amide bonds. The van der Waals surface area contributed by atoms with E-state index >= 15 is 0 Å². The van der Waals surface area contributed by atoms with E-state index in [9.17, 15) is 0 Å². The fourth-order valence-electron chi connectivity index (χ4n) is 1.61. The van der Waals surface area contributed by atoms with Crippen LogP contribution in [0, 0.1) is 0 Å². The normalized spacial score (nSPS) is 13.1. The molecule has 0 saturated heterocycles. The fourth-order valence-corrected chi connectivity index (χ4v) is 1.75. The number of hydrogen-bond acceptors (Lipinski definition) is 5. The minimum atomic E-state index is -0.0736. The summed E-state index contributed by atoms with van der Waals surface area (Å²) >= 11 is 5.79. The summed E-state index contributed by atoms with van der Waals surface area (Å²) in [6, 6.07) is 1.59. The van der Waals surface area contributed by atoms with Crippen LogP contribution in [0.5, 0.6) is 0 Å². The van der Waals surface area contributed by atoms with Crippen molar-refractivity contribution in [2.24, 2.45) is 0 Å². The van der Waals surface area contributed by atoms with Gasteiger partial charge in [0, 0.05) is 6.07 Å². The lowest BCUT2D eigenvalue weighted by Crippen LogP contribution is -2.11. The van der Waals surface area contributed by atoms with E-state index in [-0.39, 0.29) is 6.04 Å². The highest BCUT2D eigenvalue weighted by molar-refractivity contribution is 6.29. The molecule has 3 aromatic rings. The molecule has 7 nitrogen and oxygen atoms in total. The number of fused-ring (bicyclic) bond motifs is 1. The Bertz CT molecular complexity index is 644. The van der Waals surface area contributed by atoms with E-state index < -0.39 is 0 Å². The Morgan fingerprint density at radius 3 is 2.94 bits per heavy atom. The molecule has 0 aliphatic carbocycles. The van der Waals surface area contributed by atoms with Crippen LogP contribution in [0.2, 0.25) is 5.15 Å². The summed E-state index contributed by atoms with van der Waals surface area (Å²) < 4.78 is 3.48. The fraction of sp³-hybridized carbons (Fsp3) is 0.222. The summed E-state index contributed by atoms with van der Waals surface area (Å²) in [5.74, 6) is 0.731. The van der Waals surface area contributed by atoms with Crippen LogP contribution in [0.3, 0.4) is 0 Å². The summed E-state index contributed by atoms with van der Waals surface area (Å²) in [6.07, 6.45) is 4.71. The maximum absolute atomic E-state index is 5.79. The number of rotatable bonds is 2. The third kappa shape index (κ3) is 1.64. The second kappa shape index (κ2) is 3.77. The first-order chi connectivity index (χ1) is 8.25. The smallest absolute Gasteiger partial charge is 0.165 e. The maximum atomic E-state index is 5.79. The summed E-state index contributed by atoms with van der Waals surface area (Å²) in [5, 5.41) is 12.6. The van der Waals surface area contributed by atoms with Crippen molar-refractivity contribution in [2.45, 2.75) is 13.0 Å². The Hall–Kier alpha value is -2.02. The lowest BCUT2D eigenvalue weighted by Gasteiger charge is -2.08. The van der Waals surface area contributed by atoms with Crippen molar-refractivity contribution in [1.29, 1.82) is 0 Å². The second-order valence-corrected chi connectivity index (χ2v) is 3.94. The van der Waals surface area contributed by atoms with Crippen molar-refractivity contribution >= 4 is 17.2 Å². The second-order valence-electron chi connectivity index (χ2n) is 3.55. The van der Waals surface area contributed by atoms with Crippen LogP contribution in [-0.2, 0) is 0 Å². The Kier molecular flexibility index (Phi) is 2.25. The van der Waals surface area contributed by atoms with E-state index in [2.05, 4.69) is 25.3 Å². The third-order valence-corrected chi connectivity index (χ3v) is 2.71. The Balaban J connectivity index is 2.12. The van der Waals surface area contributed by atoms with Crippen LogP contribution in [0.25, 0.3) is 5.65 Å². The summed E-state index contributed by atoms with van der Waals surface area (Å²) in [5.41, 5.74) is 0.659. The van der Waals surface area contributed by atoms with Crippen LogP contribution in [-0.4, -0.2) is 34.3 Å². The Labute approximate surface area is 101 Å². The van der Waals surface area contributed by atoms with Crippen molar-refractivity contribution in [1.82, 2.24) is 34.3 Å². The highest BCUT2D eigenvalue weighted by Gasteiger charge is 2.15. The molecule has 0 aliphatic rings. The topological polar surface area (TPSA) is 73.8 Å². The third-order valence-electron chi connectivity index (χ3n) is 2.50. The predicted octanol–water partition coefficient (Wildman–Crippen LogP) is 0.978. The van der Waals surface area contributed by atoms with Gasteiger partial charge in [-0.1, -0.05) is 11.6 Å². The zero-order valence-electron chi connectivity index (χ0n) is 8.90. The van der Waals surface area contributed by atoms with Crippen LogP contribution in [0.15, 0.2) is 25.0 Å². The van der Waals surface area contributed by atoms with Crippen LogP contribution < -0.4 is 0 Å². The molecule has 0 aliphatic heterocycles. The number of nitrogens with zero attached hydrogens (tertiary/aromatic N) is 7. The Morgan fingerprint density at radius 1 is 1.29 bits per heavy atom. The van der Waals surface area contributed by atoms with Gasteiger partial charge in [-0.3, -0.25) is 4.40 Å². The zero-order valence-corrected chi connectivity index (χ0v) is 9.65. The van der Waals surface area contributed by atoms with Gasteiger partial charge in [0.2, 0.25) is 0 Å². The van der Waals surface area contributed by atoms with E-state index in [0.717, 1.165) is 5.82 Å². The highest BCUT2D eigenvalue weighted by atomic mass is 35.5. The average molecular weight is 250 g/mol. The van der Waals surface area contributed by atoms with E-state index in [1.54, 1.807) is 27.8 Å².